The molecule has 1 aliphatic heterocycles. The Kier molecular flexibility index (Phi) is 6.87. The van der Waals surface area contributed by atoms with Gasteiger partial charge in [-0.2, -0.15) is 0 Å². The van der Waals surface area contributed by atoms with E-state index in [-0.39, 0.29) is 23.5 Å². The molecule has 5 heteroatoms. The molecular formula is C29H50N2O3. The Labute approximate surface area is 207 Å². The monoisotopic (exact) mass is 474 g/mol. The number of amides is 1. The van der Waals surface area contributed by atoms with Crippen LogP contribution in [0.15, 0.2) is 0 Å². The molecule has 10 atom stereocenters. The minimum atomic E-state index is -0.249. The third-order valence-electron chi connectivity index (χ3n) is 12.1. The summed E-state index contributed by atoms with van der Waals surface area (Å²) in [6.45, 7) is 11.2. The second-order valence-electron chi connectivity index (χ2n) is 13.6. The zero-order chi connectivity index (χ0) is 24.3. The Morgan fingerprint density at radius 3 is 2.32 bits per heavy atom. The molecule has 1 heterocycles. The maximum absolute atomic E-state index is 12.9. The number of carbonyl (C=O) groups is 1. The van der Waals surface area contributed by atoms with Gasteiger partial charge in [0.1, 0.15) is 0 Å². The highest BCUT2D eigenvalue weighted by atomic mass is 16.3. The molecule has 0 aromatic rings. The summed E-state index contributed by atoms with van der Waals surface area (Å²) in [5.74, 6) is 3.98. The predicted octanol–water partition coefficient (Wildman–Crippen LogP) is 4.17. The van der Waals surface area contributed by atoms with Crippen LogP contribution in [0.5, 0.6) is 0 Å². The van der Waals surface area contributed by atoms with Gasteiger partial charge in [0.25, 0.3) is 0 Å². The van der Waals surface area contributed by atoms with Crippen molar-refractivity contribution in [2.75, 3.05) is 33.2 Å². The van der Waals surface area contributed by atoms with Crippen molar-refractivity contribution in [1.29, 1.82) is 0 Å². The van der Waals surface area contributed by atoms with E-state index in [0.29, 0.717) is 47.3 Å². The number of rotatable bonds is 4. The second kappa shape index (κ2) is 9.34. The second-order valence-corrected chi connectivity index (χ2v) is 13.6. The minimum Gasteiger partial charge on any atom is -0.393 e. The van der Waals surface area contributed by atoms with Crippen LogP contribution in [0.1, 0.15) is 85.0 Å². The van der Waals surface area contributed by atoms with E-state index < -0.39 is 0 Å². The third kappa shape index (κ3) is 4.16. The fourth-order valence-corrected chi connectivity index (χ4v) is 10.0. The average Bonchev–Trinajstić information content (AvgIpc) is 3.16. The molecule has 0 aromatic heterocycles. The van der Waals surface area contributed by atoms with Crippen LogP contribution >= 0.6 is 0 Å². The first-order chi connectivity index (χ1) is 16.1. The fourth-order valence-electron chi connectivity index (χ4n) is 10.0. The number of aliphatic hydroxyl groups excluding tert-OH is 2. The normalized spacial score (nSPS) is 48.1. The molecule has 1 saturated heterocycles. The van der Waals surface area contributed by atoms with Crippen molar-refractivity contribution in [2.24, 2.45) is 46.3 Å². The first-order valence-corrected chi connectivity index (χ1v) is 14.5. The lowest BCUT2D eigenvalue weighted by molar-refractivity contribution is -0.172. The zero-order valence-electron chi connectivity index (χ0n) is 22.2. The van der Waals surface area contributed by atoms with Crippen LogP contribution in [0.25, 0.3) is 0 Å². The minimum absolute atomic E-state index is 0.196. The standard InChI is InChI=1S/C29H50N2O3/c1-19(5-8-27(34)31-15-13-30(4)14-16-31)22-6-7-23-21-18-26(33)25-17-20(32)9-11-29(25,3)24(21)10-12-28(22,23)2/h19-26,32-33H,5-18H2,1-4H3/t19-,20+,21+,22-,23+,24+,25-,26-,28-,29-/m1/s1. The number of nitrogens with zero attached hydrogens (tertiary/aromatic N) is 2. The van der Waals surface area contributed by atoms with E-state index >= 15 is 0 Å². The number of hydrogen-bond donors (Lipinski definition) is 2. The van der Waals surface area contributed by atoms with E-state index in [0.717, 1.165) is 58.3 Å². The Bertz CT molecular complexity index is 752. The van der Waals surface area contributed by atoms with Gasteiger partial charge in [-0.15, -0.1) is 0 Å². The number of hydrogen-bond acceptors (Lipinski definition) is 4. The lowest BCUT2D eigenvalue weighted by atomic mass is 9.44. The summed E-state index contributed by atoms with van der Waals surface area (Å²) in [6.07, 6.45) is 10.2. The molecule has 0 radical (unpaired) electrons. The van der Waals surface area contributed by atoms with Crippen molar-refractivity contribution < 1.29 is 15.0 Å². The van der Waals surface area contributed by atoms with Gasteiger partial charge in [0.2, 0.25) is 5.91 Å². The van der Waals surface area contributed by atoms with E-state index in [4.69, 9.17) is 0 Å². The van der Waals surface area contributed by atoms with Gasteiger partial charge < -0.3 is 20.0 Å². The van der Waals surface area contributed by atoms with Crippen molar-refractivity contribution in [2.45, 2.75) is 97.2 Å². The Morgan fingerprint density at radius 1 is 0.912 bits per heavy atom. The molecule has 34 heavy (non-hydrogen) atoms. The molecule has 0 unspecified atom stereocenters. The molecule has 5 nitrogen and oxygen atoms in total. The van der Waals surface area contributed by atoms with Crippen molar-refractivity contribution in [1.82, 2.24) is 9.80 Å². The third-order valence-corrected chi connectivity index (χ3v) is 12.1. The highest BCUT2D eigenvalue weighted by Gasteiger charge is 2.62. The predicted molar refractivity (Wildman–Crippen MR) is 135 cm³/mol. The summed E-state index contributed by atoms with van der Waals surface area (Å²) < 4.78 is 0. The topological polar surface area (TPSA) is 64.0 Å². The summed E-state index contributed by atoms with van der Waals surface area (Å²) in [5.41, 5.74) is 0.552. The van der Waals surface area contributed by atoms with Crippen molar-refractivity contribution in [3.05, 3.63) is 0 Å². The van der Waals surface area contributed by atoms with Crippen LogP contribution in [-0.2, 0) is 4.79 Å². The van der Waals surface area contributed by atoms with Gasteiger partial charge in [-0.25, -0.2) is 0 Å². The van der Waals surface area contributed by atoms with E-state index in [1.807, 2.05) is 0 Å². The van der Waals surface area contributed by atoms with E-state index in [1.54, 1.807) is 0 Å². The molecule has 4 saturated carbocycles. The molecule has 5 fully saturated rings. The van der Waals surface area contributed by atoms with Gasteiger partial charge in [0.15, 0.2) is 0 Å². The molecule has 2 N–H and O–H groups in total. The number of fused-ring (bicyclic) bond motifs is 5. The molecule has 194 valence electrons. The SMILES string of the molecule is C[C@H](CCC(=O)N1CCN(C)CC1)[C@H]1CC[C@H]2[C@@H]3C[C@@H](O)[C@H]4C[C@@H](O)CC[C@]4(C)[C@H]3CC[C@]12C. The van der Waals surface area contributed by atoms with Gasteiger partial charge >= 0.3 is 0 Å². The largest absolute Gasteiger partial charge is 0.393 e. The summed E-state index contributed by atoms with van der Waals surface area (Å²) in [7, 11) is 2.14. The van der Waals surface area contributed by atoms with E-state index in [2.05, 4.69) is 37.6 Å². The number of aliphatic hydroxyl groups is 2. The molecule has 5 aliphatic rings. The van der Waals surface area contributed by atoms with Crippen LogP contribution in [0, 0.1) is 46.3 Å². The molecule has 1 amide bonds. The van der Waals surface area contributed by atoms with Crippen LogP contribution in [0.4, 0.5) is 0 Å². The highest BCUT2D eigenvalue weighted by molar-refractivity contribution is 5.76. The Balaban J connectivity index is 1.24. The van der Waals surface area contributed by atoms with Crippen LogP contribution in [0.3, 0.4) is 0 Å². The first-order valence-electron chi connectivity index (χ1n) is 14.5. The highest BCUT2D eigenvalue weighted by Crippen LogP contribution is 2.68. The van der Waals surface area contributed by atoms with Gasteiger partial charge in [0, 0.05) is 32.6 Å². The molecular weight excluding hydrogens is 424 g/mol. The summed E-state index contributed by atoms with van der Waals surface area (Å²) in [4.78, 5) is 17.3. The maximum atomic E-state index is 12.9. The summed E-state index contributed by atoms with van der Waals surface area (Å²) in [6, 6.07) is 0. The zero-order valence-corrected chi connectivity index (χ0v) is 22.2. The van der Waals surface area contributed by atoms with Crippen LogP contribution < -0.4 is 0 Å². The molecule has 4 aliphatic carbocycles. The molecule has 0 aromatic carbocycles. The number of likely N-dealkylation sites (N-methyl/N-ethyl adjacent to an activating group) is 1. The lowest BCUT2D eigenvalue weighted by Gasteiger charge is -2.62. The smallest absolute Gasteiger partial charge is 0.222 e. The average molecular weight is 475 g/mol. The van der Waals surface area contributed by atoms with E-state index in [1.165, 1.54) is 25.7 Å². The molecule has 0 spiro atoms. The molecule has 0 bridgehead atoms. The summed E-state index contributed by atoms with van der Waals surface area (Å²) >= 11 is 0. The summed E-state index contributed by atoms with van der Waals surface area (Å²) in [5, 5.41) is 21.5. The van der Waals surface area contributed by atoms with Gasteiger partial charge in [-0.3, -0.25) is 4.79 Å². The molecule has 5 rings (SSSR count). The quantitative estimate of drug-likeness (QED) is 0.642. The number of piperazine rings is 1. The number of carbonyl (C=O) groups excluding carboxylic acids is 1. The Morgan fingerprint density at radius 2 is 1.59 bits per heavy atom. The lowest BCUT2D eigenvalue weighted by Crippen LogP contribution is -2.58. The van der Waals surface area contributed by atoms with Gasteiger partial charge in [0.05, 0.1) is 12.2 Å². The fraction of sp³-hybridized carbons (Fsp3) is 0.966. The van der Waals surface area contributed by atoms with Crippen molar-refractivity contribution >= 4 is 5.91 Å². The van der Waals surface area contributed by atoms with Gasteiger partial charge in [-0.1, -0.05) is 20.8 Å². The first kappa shape index (κ1) is 25.0. The Hall–Kier alpha value is -0.650. The van der Waals surface area contributed by atoms with Gasteiger partial charge in [-0.05, 0) is 111 Å². The van der Waals surface area contributed by atoms with Crippen LogP contribution in [-0.4, -0.2) is 71.4 Å². The van der Waals surface area contributed by atoms with E-state index in [9.17, 15) is 15.0 Å². The van der Waals surface area contributed by atoms with Crippen LogP contribution in [0.2, 0.25) is 0 Å². The maximum Gasteiger partial charge on any atom is 0.222 e. The van der Waals surface area contributed by atoms with Crippen molar-refractivity contribution in [3.63, 3.8) is 0 Å². The van der Waals surface area contributed by atoms with Crippen molar-refractivity contribution in [3.8, 4) is 0 Å².